The quantitative estimate of drug-likeness (QED) is 0.452. The van der Waals surface area contributed by atoms with Gasteiger partial charge in [-0.3, -0.25) is 4.90 Å². The van der Waals surface area contributed by atoms with E-state index in [0.717, 1.165) is 23.7 Å². The van der Waals surface area contributed by atoms with Crippen LogP contribution in [0.2, 0.25) is 5.02 Å². The van der Waals surface area contributed by atoms with Crippen molar-refractivity contribution in [2.45, 2.75) is 114 Å². The largest absolute Gasteiger partial charge is 0.294 e. The monoisotopic (exact) mass is 413 g/mol. The summed E-state index contributed by atoms with van der Waals surface area (Å²) in [6.07, 6.45) is 25.7. The Morgan fingerprint density at radius 2 is 1.31 bits per heavy atom. The first kappa shape index (κ1) is 21.4. The molecular formula is C27H40ClN. The fraction of sp³-hybridized carbons (Fsp3) is 0.704. The third kappa shape index (κ3) is 5.88. The van der Waals surface area contributed by atoms with Crippen LogP contribution in [0, 0.1) is 0 Å². The summed E-state index contributed by atoms with van der Waals surface area (Å²) in [5.74, 6) is 0.683. The maximum atomic E-state index is 6.70. The molecule has 1 aromatic carbocycles. The topological polar surface area (TPSA) is 3.24 Å². The van der Waals surface area contributed by atoms with E-state index in [1.165, 1.54) is 107 Å². The van der Waals surface area contributed by atoms with Crippen LogP contribution in [0.4, 0.5) is 0 Å². The van der Waals surface area contributed by atoms with Gasteiger partial charge in [0.25, 0.3) is 0 Å². The van der Waals surface area contributed by atoms with Gasteiger partial charge in [0.05, 0.1) is 0 Å². The molecule has 0 radical (unpaired) electrons. The predicted octanol–water partition coefficient (Wildman–Crippen LogP) is 8.37. The molecule has 160 valence electrons. The summed E-state index contributed by atoms with van der Waals surface area (Å²) in [6, 6.07) is 8.42. The van der Waals surface area contributed by atoms with Crippen LogP contribution in [0.1, 0.15) is 113 Å². The smallest absolute Gasteiger partial charge is 0.0446 e. The van der Waals surface area contributed by atoms with Crippen molar-refractivity contribution in [2.75, 3.05) is 6.54 Å². The van der Waals surface area contributed by atoms with Crippen LogP contribution in [-0.2, 0) is 0 Å². The molecule has 29 heavy (non-hydrogen) atoms. The Balaban J connectivity index is 1.40. The zero-order valence-corrected chi connectivity index (χ0v) is 19.0. The molecule has 3 fully saturated rings. The lowest BCUT2D eigenvalue weighted by atomic mass is 9.84. The van der Waals surface area contributed by atoms with Crippen LogP contribution >= 0.6 is 11.6 Å². The Bertz CT molecular complexity index is 631. The molecule has 2 heteroatoms. The van der Waals surface area contributed by atoms with E-state index in [1.54, 1.807) is 0 Å². The summed E-state index contributed by atoms with van der Waals surface area (Å²) >= 11 is 6.70. The molecule has 3 aliphatic rings. The van der Waals surface area contributed by atoms with Gasteiger partial charge >= 0.3 is 0 Å². The second-order valence-corrected chi connectivity index (χ2v) is 10.2. The number of nitrogens with zero attached hydrogens (tertiary/aromatic N) is 1. The minimum Gasteiger partial charge on any atom is -0.294 e. The molecule has 0 heterocycles. The molecule has 0 N–H and O–H groups in total. The first-order chi connectivity index (χ1) is 14.3. The van der Waals surface area contributed by atoms with Crippen molar-refractivity contribution in [3.8, 4) is 0 Å². The Labute approximate surface area is 183 Å². The number of rotatable bonds is 6. The molecule has 3 saturated carbocycles. The highest BCUT2D eigenvalue weighted by Gasteiger charge is 2.27. The summed E-state index contributed by atoms with van der Waals surface area (Å²) in [7, 11) is 0. The summed E-state index contributed by atoms with van der Waals surface area (Å²) in [5.41, 5.74) is 2.65. The van der Waals surface area contributed by atoms with Gasteiger partial charge < -0.3 is 0 Å². The molecule has 0 aliphatic heterocycles. The van der Waals surface area contributed by atoms with Gasteiger partial charge in [-0.2, -0.15) is 0 Å². The minimum absolute atomic E-state index is 0.683. The minimum atomic E-state index is 0.683. The predicted molar refractivity (Wildman–Crippen MR) is 127 cm³/mol. The number of hydrogen-bond donors (Lipinski definition) is 0. The highest BCUT2D eigenvalue weighted by atomic mass is 35.5. The molecule has 0 bridgehead atoms. The first-order valence-corrected chi connectivity index (χ1v) is 12.9. The Kier molecular flexibility index (Phi) is 8.14. The molecule has 0 unspecified atom stereocenters. The Hall–Kier alpha value is -0.790. The highest BCUT2D eigenvalue weighted by molar-refractivity contribution is 6.31. The second kappa shape index (κ2) is 11.0. The van der Waals surface area contributed by atoms with Crippen molar-refractivity contribution < 1.29 is 0 Å². The van der Waals surface area contributed by atoms with Crippen molar-refractivity contribution >= 4 is 17.7 Å². The van der Waals surface area contributed by atoms with Crippen molar-refractivity contribution in [3.63, 3.8) is 0 Å². The lowest BCUT2D eigenvalue weighted by molar-refractivity contribution is 0.0941. The van der Waals surface area contributed by atoms with Gasteiger partial charge in [-0.1, -0.05) is 93.7 Å². The van der Waals surface area contributed by atoms with E-state index in [4.69, 9.17) is 11.6 Å². The van der Waals surface area contributed by atoms with Gasteiger partial charge in [-0.15, -0.1) is 0 Å². The molecule has 0 aromatic heterocycles. The number of hydrogen-bond acceptors (Lipinski definition) is 1. The lowest BCUT2D eigenvalue weighted by Crippen LogP contribution is -2.45. The third-order valence-corrected chi connectivity index (χ3v) is 8.11. The van der Waals surface area contributed by atoms with Crippen molar-refractivity contribution in [1.29, 1.82) is 0 Å². The van der Waals surface area contributed by atoms with E-state index in [2.05, 4.69) is 35.3 Å². The van der Waals surface area contributed by atoms with E-state index in [1.807, 2.05) is 0 Å². The second-order valence-electron chi connectivity index (χ2n) is 9.80. The van der Waals surface area contributed by atoms with Gasteiger partial charge in [0.1, 0.15) is 0 Å². The first-order valence-electron chi connectivity index (χ1n) is 12.5. The molecule has 0 amide bonds. The zero-order valence-electron chi connectivity index (χ0n) is 18.3. The zero-order chi connectivity index (χ0) is 19.9. The molecule has 0 saturated heterocycles. The molecule has 0 atom stereocenters. The van der Waals surface area contributed by atoms with Crippen LogP contribution in [0.3, 0.4) is 0 Å². The molecule has 4 rings (SSSR count). The van der Waals surface area contributed by atoms with E-state index < -0.39 is 0 Å². The Morgan fingerprint density at radius 3 is 1.86 bits per heavy atom. The normalized spacial score (nSPS) is 23.2. The van der Waals surface area contributed by atoms with Gasteiger partial charge in [-0.25, -0.2) is 0 Å². The average Bonchev–Trinajstić information content (AvgIpc) is 2.79. The van der Waals surface area contributed by atoms with Crippen molar-refractivity contribution in [3.05, 3.63) is 40.4 Å². The van der Waals surface area contributed by atoms with Crippen LogP contribution in [0.5, 0.6) is 0 Å². The third-order valence-electron chi connectivity index (χ3n) is 7.78. The van der Waals surface area contributed by atoms with Crippen LogP contribution < -0.4 is 0 Å². The van der Waals surface area contributed by atoms with Gasteiger partial charge in [0.15, 0.2) is 0 Å². The van der Waals surface area contributed by atoms with Crippen LogP contribution in [0.25, 0.3) is 6.08 Å². The summed E-state index contributed by atoms with van der Waals surface area (Å²) in [6.45, 7) is 1.11. The summed E-state index contributed by atoms with van der Waals surface area (Å²) in [5, 5.41) is 0.982. The maximum Gasteiger partial charge on any atom is 0.0446 e. The summed E-state index contributed by atoms with van der Waals surface area (Å²) < 4.78 is 0. The molecule has 3 aliphatic carbocycles. The van der Waals surface area contributed by atoms with Crippen LogP contribution in [-0.4, -0.2) is 23.5 Å². The average molecular weight is 414 g/mol. The maximum absolute atomic E-state index is 6.70. The highest BCUT2D eigenvalue weighted by Crippen LogP contribution is 2.37. The van der Waals surface area contributed by atoms with E-state index in [9.17, 15) is 0 Å². The SMILES string of the molecule is Clc1cc(C=CCN(C2CCCCC2)C2CCCCC2)ccc1C1CCCCC1. The van der Waals surface area contributed by atoms with Crippen LogP contribution in [0.15, 0.2) is 24.3 Å². The Morgan fingerprint density at radius 1 is 0.759 bits per heavy atom. The van der Waals surface area contributed by atoms with Gasteiger partial charge in [-0.05, 0) is 61.6 Å². The molecule has 0 spiro atoms. The van der Waals surface area contributed by atoms with Crippen molar-refractivity contribution in [2.24, 2.45) is 0 Å². The van der Waals surface area contributed by atoms with Crippen molar-refractivity contribution in [1.82, 2.24) is 4.90 Å². The number of halogens is 1. The molecule has 1 aromatic rings. The van der Waals surface area contributed by atoms with E-state index in [0.29, 0.717) is 5.92 Å². The van der Waals surface area contributed by atoms with Gasteiger partial charge in [0, 0.05) is 23.7 Å². The molecule has 1 nitrogen and oxygen atoms in total. The summed E-state index contributed by atoms with van der Waals surface area (Å²) in [4.78, 5) is 2.87. The fourth-order valence-electron chi connectivity index (χ4n) is 6.12. The van der Waals surface area contributed by atoms with E-state index in [-0.39, 0.29) is 0 Å². The van der Waals surface area contributed by atoms with Gasteiger partial charge in [0.2, 0.25) is 0 Å². The molecular weight excluding hydrogens is 374 g/mol. The van der Waals surface area contributed by atoms with E-state index >= 15 is 0 Å². The lowest BCUT2D eigenvalue weighted by Gasteiger charge is -2.41. The fourth-order valence-corrected chi connectivity index (χ4v) is 6.47. The standard InChI is InChI=1S/C27H40ClN/c28-27-21-22(18-19-26(27)23-12-4-1-5-13-23)11-10-20-29(24-14-6-2-7-15-24)25-16-8-3-9-17-25/h10-11,18-19,21,23-25H,1-9,12-17,20H2. The number of benzene rings is 1.